The van der Waals surface area contributed by atoms with Gasteiger partial charge in [0.15, 0.2) is 0 Å². The molecule has 2 aromatic heterocycles. The quantitative estimate of drug-likeness (QED) is 0.0925. The number of carbonyl (C=O) groups is 2. The Morgan fingerprint density at radius 3 is 2.45 bits per heavy atom. The van der Waals surface area contributed by atoms with Crippen LogP contribution in [0.4, 0.5) is 17.2 Å². The zero-order valence-corrected chi connectivity index (χ0v) is 27.4. The van der Waals surface area contributed by atoms with Crippen LogP contribution in [0.15, 0.2) is 77.7 Å². The number of hydrogen-bond acceptors (Lipinski definition) is 9. The molecule has 0 fully saturated rings. The van der Waals surface area contributed by atoms with Gasteiger partial charge in [0.05, 0.1) is 44.7 Å². The number of fused-ring (bicyclic) bond motifs is 1. The molecule has 0 saturated carbocycles. The fourth-order valence-electron chi connectivity index (χ4n) is 4.56. The molecule has 1 atom stereocenters. The molecule has 3 aromatic carbocycles. The van der Waals surface area contributed by atoms with Gasteiger partial charge in [-0.25, -0.2) is 23.9 Å². The molecule has 0 saturated heterocycles. The lowest BCUT2D eigenvalue weighted by Crippen LogP contribution is -2.29. The van der Waals surface area contributed by atoms with Crippen molar-refractivity contribution >= 4 is 61.7 Å². The van der Waals surface area contributed by atoms with Crippen molar-refractivity contribution in [3.05, 3.63) is 89.1 Å². The van der Waals surface area contributed by atoms with Crippen LogP contribution in [0, 0.1) is 12.8 Å². The molecule has 47 heavy (non-hydrogen) atoms. The van der Waals surface area contributed by atoms with Crippen molar-refractivity contribution in [2.75, 3.05) is 35.6 Å². The van der Waals surface area contributed by atoms with E-state index in [1.807, 2.05) is 37.2 Å². The maximum Gasteiger partial charge on any atom is 0.263 e. The number of sulfonamides is 1. The highest BCUT2D eigenvalue weighted by Gasteiger charge is 2.19. The van der Waals surface area contributed by atoms with E-state index in [2.05, 4.69) is 20.0 Å². The molecular weight excluding hydrogens is 646 g/mol. The largest absolute Gasteiger partial charge is 0.493 e. The second kappa shape index (κ2) is 13.7. The van der Waals surface area contributed by atoms with E-state index >= 15 is 0 Å². The number of aromatic nitrogens is 3. The summed E-state index contributed by atoms with van der Waals surface area (Å²) in [6, 6.07) is 19.4. The molecule has 1 unspecified atom stereocenters. The van der Waals surface area contributed by atoms with E-state index in [9.17, 15) is 18.0 Å². The van der Waals surface area contributed by atoms with Gasteiger partial charge in [0.1, 0.15) is 17.4 Å². The molecule has 5 rings (SSSR count). The minimum atomic E-state index is -4.02. The summed E-state index contributed by atoms with van der Waals surface area (Å²) in [5.41, 5.74) is 5.81. The Morgan fingerprint density at radius 1 is 1.02 bits per heavy atom. The highest BCUT2D eigenvalue weighted by Crippen LogP contribution is 2.31. The predicted molar refractivity (Wildman–Crippen MR) is 180 cm³/mol. The average molecular weight is 678 g/mol. The van der Waals surface area contributed by atoms with Crippen molar-refractivity contribution in [2.45, 2.75) is 18.7 Å². The van der Waals surface area contributed by atoms with Gasteiger partial charge in [-0.1, -0.05) is 18.5 Å². The van der Waals surface area contributed by atoms with Crippen LogP contribution in [0.3, 0.4) is 0 Å². The maximum atomic E-state index is 13.2. The SMILES string of the molecule is Cc1nc(NS(=O)(=O)c2ccc(OCC(C)C(=O)NO)cc2)ccc1C(=O)Nc1ccc(Cl)c(-c2nc3cc(N(C)C)ccc3[nH]2)c1. The Labute approximate surface area is 276 Å². The molecule has 0 aliphatic heterocycles. The summed E-state index contributed by atoms with van der Waals surface area (Å²) in [6.07, 6.45) is 0. The number of aryl methyl sites for hydroxylation is 1. The normalized spacial score (nSPS) is 12.0. The molecule has 0 aliphatic rings. The summed E-state index contributed by atoms with van der Waals surface area (Å²) in [5, 5.41) is 12.0. The maximum absolute atomic E-state index is 13.2. The van der Waals surface area contributed by atoms with Crippen LogP contribution in [-0.2, 0) is 14.8 Å². The number of pyridine rings is 1. The Kier molecular flexibility index (Phi) is 9.65. The molecule has 5 N–H and O–H groups in total. The van der Waals surface area contributed by atoms with E-state index in [-0.39, 0.29) is 22.9 Å². The van der Waals surface area contributed by atoms with Crippen LogP contribution in [0.5, 0.6) is 5.75 Å². The lowest BCUT2D eigenvalue weighted by atomic mass is 10.1. The molecule has 15 heteroatoms. The number of H-pyrrole nitrogens is 1. The topological polar surface area (TPSA) is 179 Å². The van der Waals surface area contributed by atoms with Crippen molar-refractivity contribution in [1.29, 1.82) is 0 Å². The predicted octanol–water partition coefficient (Wildman–Crippen LogP) is 5.23. The first-order valence-corrected chi connectivity index (χ1v) is 16.2. The lowest BCUT2D eigenvalue weighted by molar-refractivity contribution is -0.133. The Hall–Kier alpha value is -5.18. The summed E-state index contributed by atoms with van der Waals surface area (Å²) in [4.78, 5) is 38.8. The van der Waals surface area contributed by atoms with Crippen LogP contribution in [0.25, 0.3) is 22.4 Å². The first-order valence-electron chi connectivity index (χ1n) is 14.3. The van der Waals surface area contributed by atoms with E-state index in [4.69, 9.17) is 26.5 Å². The molecule has 0 bridgehead atoms. The van der Waals surface area contributed by atoms with Gasteiger partial charge in [-0.2, -0.15) is 0 Å². The third-order valence-electron chi connectivity index (χ3n) is 7.22. The minimum absolute atomic E-state index is 0.0155. The number of carbonyl (C=O) groups excluding carboxylic acids is 2. The van der Waals surface area contributed by atoms with E-state index in [1.165, 1.54) is 36.4 Å². The number of rotatable bonds is 11. The summed E-state index contributed by atoms with van der Waals surface area (Å²) >= 11 is 6.51. The van der Waals surface area contributed by atoms with Crippen molar-refractivity contribution in [1.82, 2.24) is 20.4 Å². The number of halogens is 1. The fraction of sp³-hybridized carbons (Fsp3) is 0.188. The number of hydroxylamine groups is 1. The van der Waals surface area contributed by atoms with E-state index in [1.54, 1.807) is 37.5 Å². The number of ether oxygens (including phenoxy) is 1. The average Bonchev–Trinajstić information content (AvgIpc) is 3.47. The van der Waals surface area contributed by atoms with Gasteiger partial charge in [0.2, 0.25) is 5.91 Å². The van der Waals surface area contributed by atoms with Gasteiger partial charge in [-0.3, -0.25) is 19.5 Å². The van der Waals surface area contributed by atoms with Gasteiger partial charge < -0.3 is 19.9 Å². The van der Waals surface area contributed by atoms with Gasteiger partial charge in [-0.15, -0.1) is 0 Å². The molecule has 13 nitrogen and oxygen atoms in total. The highest BCUT2D eigenvalue weighted by atomic mass is 35.5. The zero-order valence-electron chi connectivity index (χ0n) is 25.8. The smallest absolute Gasteiger partial charge is 0.263 e. The van der Waals surface area contributed by atoms with Gasteiger partial charge in [0.25, 0.3) is 15.9 Å². The molecule has 0 aliphatic carbocycles. The molecule has 5 aromatic rings. The van der Waals surface area contributed by atoms with Crippen LogP contribution in [-0.4, -0.2) is 61.1 Å². The summed E-state index contributed by atoms with van der Waals surface area (Å²) in [7, 11) is -0.115. The standard InChI is InChI=1S/C32H32ClN7O6S/c1-18(31(41)38-43)17-46-22-7-9-23(10-8-22)47(44,45)39-29-14-11-24(19(2)34-29)32(42)35-20-5-12-26(33)25(15-20)30-36-27-13-6-21(40(3)4)16-28(27)37-30/h5-16,18,43H,17H2,1-4H3,(H,34,39)(H,35,42)(H,36,37)(H,38,41). The monoisotopic (exact) mass is 677 g/mol. The van der Waals surface area contributed by atoms with Gasteiger partial charge >= 0.3 is 0 Å². The Morgan fingerprint density at radius 2 is 1.77 bits per heavy atom. The third-order valence-corrected chi connectivity index (χ3v) is 8.92. The summed E-state index contributed by atoms with van der Waals surface area (Å²) in [6.45, 7) is 3.15. The second-order valence-electron chi connectivity index (χ2n) is 10.9. The molecule has 0 spiro atoms. The molecule has 2 amide bonds. The van der Waals surface area contributed by atoms with Crippen LogP contribution >= 0.6 is 11.6 Å². The third kappa shape index (κ3) is 7.62. The number of anilines is 3. The number of nitrogens with zero attached hydrogens (tertiary/aromatic N) is 3. The van der Waals surface area contributed by atoms with Crippen LogP contribution in [0.1, 0.15) is 23.0 Å². The summed E-state index contributed by atoms with van der Waals surface area (Å²) in [5.74, 6) is -0.742. The van der Waals surface area contributed by atoms with E-state index in [0.29, 0.717) is 33.5 Å². The van der Waals surface area contributed by atoms with Crippen LogP contribution in [0.2, 0.25) is 5.02 Å². The highest BCUT2D eigenvalue weighted by molar-refractivity contribution is 7.92. The Bertz CT molecular complexity index is 2070. The number of benzene rings is 3. The minimum Gasteiger partial charge on any atom is -0.493 e. The molecular formula is C32H32ClN7O6S. The number of aromatic amines is 1. The Balaban J connectivity index is 1.26. The number of imidazole rings is 1. The van der Waals surface area contributed by atoms with E-state index < -0.39 is 27.8 Å². The van der Waals surface area contributed by atoms with Crippen molar-refractivity contribution in [2.24, 2.45) is 5.92 Å². The summed E-state index contributed by atoms with van der Waals surface area (Å²) < 4.78 is 33.9. The second-order valence-corrected chi connectivity index (χ2v) is 13.0. The van der Waals surface area contributed by atoms with Crippen molar-refractivity contribution in [3.63, 3.8) is 0 Å². The van der Waals surface area contributed by atoms with E-state index in [0.717, 1.165) is 16.7 Å². The molecule has 0 radical (unpaired) electrons. The lowest BCUT2D eigenvalue weighted by Gasteiger charge is -2.13. The number of nitrogens with one attached hydrogen (secondary N) is 4. The molecule has 244 valence electrons. The number of amides is 2. The van der Waals surface area contributed by atoms with Crippen molar-refractivity contribution < 1.29 is 28.0 Å². The van der Waals surface area contributed by atoms with Gasteiger partial charge in [-0.05, 0) is 79.7 Å². The van der Waals surface area contributed by atoms with Gasteiger partial charge in [0, 0.05) is 31.0 Å². The van der Waals surface area contributed by atoms with Crippen LogP contribution < -0.4 is 25.2 Å². The molecule has 2 heterocycles. The van der Waals surface area contributed by atoms with Crippen molar-refractivity contribution in [3.8, 4) is 17.1 Å². The number of hydrogen-bond donors (Lipinski definition) is 5. The fourth-order valence-corrected chi connectivity index (χ4v) is 5.77. The first-order chi connectivity index (χ1) is 22.3. The first kappa shape index (κ1) is 33.2. The zero-order chi connectivity index (χ0) is 33.9.